The number of ether oxygens (including phenoxy) is 2. The number of anilines is 1. The Balaban J connectivity index is 1.76. The fraction of sp³-hybridized carbons (Fsp3) is 0.318. The summed E-state index contributed by atoms with van der Waals surface area (Å²) in [5.41, 5.74) is 2.34. The van der Waals surface area contributed by atoms with Gasteiger partial charge in [0.25, 0.3) is 11.8 Å². The van der Waals surface area contributed by atoms with Crippen molar-refractivity contribution < 1.29 is 23.9 Å². The van der Waals surface area contributed by atoms with Gasteiger partial charge in [-0.25, -0.2) is 0 Å². The van der Waals surface area contributed by atoms with E-state index in [1.807, 2.05) is 43.3 Å². The van der Waals surface area contributed by atoms with Crippen molar-refractivity contribution in [1.29, 1.82) is 0 Å². The van der Waals surface area contributed by atoms with E-state index in [2.05, 4.69) is 5.32 Å². The fourth-order valence-electron chi connectivity index (χ4n) is 2.64. The predicted molar refractivity (Wildman–Crippen MR) is 114 cm³/mol. The minimum absolute atomic E-state index is 0.309. The highest BCUT2D eigenvalue weighted by Crippen LogP contribution is 2.16. The molecule has 0 bridgehead atoms. The highest BCUT2D eigenvalue weighted by molar-refractivity contribution is 5.98. The van der Waals surface area contributed by atoms with Crippen LogP contribution in [0.2, 0.25) is 0 Å². The number of rotatable bonds is 9. The van der Waals surface area contributed by atoms with Crippen molar-refractivity contribution >= 4 is 23.5 Å². The highest BCUT2D eigenvalue weighted by Gasteiger charge is 2.15. The smallest absolute Gasteiger partial charge is 0.325 e. The molecule has 0 unspecified atom stereocenters. The second-order valence-electron chi connectivity index (χ2n) is 6.85. The standard InChI is InChI=1S/C22H27N3O5/c1-24(2)17-11-9-16(10-12-17)14-25(3)20(26)15-30-21(27)13-23-22(28)18-7-5-6-8-19(18)29-4/h5-12H,13-15H2,1-4H3,(H,23,28). The Morgan fingerprint density at radius 2 is 1.63 bits per heavy atom. The van der Waals surface area contributed by atoms with Crippen LogP contribution in [0.4, 0.5) is 5.69 Å². The fourth-order valence-corrected chi connectivity index (χ4v) is 2.64. The molecule has 160 valence electrons. The van der Waals surface area contributed by atoms with Gasteiger partial charge in [0.05, 0.1) is 12.7 Å². The molecule has 8 heteroatoms. The molecule has 0 aliphatic carbocycles. The van der Waals surface area contributed by atoms with E-state index in [1.165, 1.54) is 12.0 Å². The summed E-state index contributed by atoms with van der Waals surface area (Å²) in [5, 5.41) is 2.46. The van der Waals surface area contributed by atoms with E-state index in [9.17, 15) is 14.4 Å². The summed E-state index contributed by atoms with van der Waals surface area (Å²) in [6.45, 7) is -0.343. The first-order valence-corrected chi connectivity index (χ1v) is 9.39. The maximum absolute atomic E-state index is 12.2. The zero-order valence-corrected chi connectivity index (χ0v) is 17.7. The van der Waals surface area contributed by atoms with Crippen LogP contribution in [0.3, 0.4) is 0 Å². The van der Waals surface area contributed by atoms with E-state index in [-0.39, 0.29) is 12.5 Å². The quantitative estimate of drug-likeness (QED) is 0.630. The van der Waals surface area contributed by atoms with Crippen LogP contribution in [-0.2, 0) is 20.9 Å². The third kappa shape index (κ3) is 6.51. The molecule has 30 heavy (non-hydrogen) atoms. The van der Waals surface area contributed by atoms with Crippen LogP contribution in [0.5, 0.6) is 5.75 Å². The molecular weight excluding hydrogens is 386 g/mol. The van der Waals surface area contributed by atoms with E-state index >= 15 is 0 Å². The number of benzene rings is 2. The highest BCUT2D eigenvalue weighted by atomic mass is 16.5. The number of hydrogen-bond acceptors (Lipinski definition) is 6. The first kappa shape index (κ1) is 22.7. The monoisotopic (exact) mass is 413 g/mol. The Morgan fingerprint density at radius 1 is 0.967 bits per heavy atom. The minimum atomic E-state index is -0.699. The molecule has 0 aromatic heterocycles. The van der Waals surface area contributed by atoms with Gasteiger partial charge in [0.1, 0.15) is 12.3 Å². The number of hydrogen-bond donors (Lipinski definition) is 1. The van der Waals surface area contributed by atoms with E-state index in [0.717, 1.165) is 11.3 Å². The average molecular weight is 413 g/mol. The number of carbonyl (C=O) groups excluding carboxylic acids is 3. The lowest BCUT2D eigenvalue weighted by Crippen LogP contribution is -2.34. The molecule has 0 aliphatic heterocycles. The molecule has 0 radical (unpaired) electrons. The van der Waals surface area contributed by atoms with Gasteiger partial charge in [-0.1, -0.05) is 24.3 Å². The summed E-state index contributed by atoms with van der Waals surface area (Å²) < 4.78 is 10.1. The van der Waals surface area contributed by atoms with Crippen LogP contribution in [0, 0.1) is 0 Å². The second-order valence-corrected chi connectivity index (χ2v) is 6.85. The number of methoxy groups -OCH3 is 1. The Labute approximate surface area is 176 Å². The van der Waals surface area contributed by atoms with Crippen LogP contribution in [0.15, 0.2) is 48.5 Å². The van der Waals surface area contributed by atoms with Gasteiger partial charge in [0.2, 0.25) is 0 Å². The second kappa shape index (κ2) is 10.8. The molecule has 2 amide bonds. The summed E-state index contributed by atoms with van der Waals surface area (Å²) in [6, 6.07) is 14.5. The van der Waals surface area contributed by atoms with Crippen LogP contribution < -0.4 is 15.0 Å². The Hall–Kier alpha value is -3.55. The predicted octanol–water partition coefficient (Wildman–Crippen LogP) is 1.69. The van der Waals surface area contributed by atoms with Gasteiger partial charge in [0, 0.05) is 33.4 Å². The van der Waals surface area contributed by atoms with Gasteiger partial charge in [-0.3, -0.25) is 14.4 Å². The number of likely N-dealkylation sites (N-methyl/N-ethyl adjacent to an activating group) is 1. The summed E-state index contributed by atoms with van der Waals surface area (Å²) in [6.07, 6.45) is 0. The molecule has 0 aliphatic rings. The summed E-state index contributed by atoms with van der Waals surface area (Å²) in [4.78, 5) is 39.7. The average Bonchev–Trinajstić information content (AvgIpc) is 2.75. The molecule has 1 N–H and O–H groups in total. The molecule has 0 saturated carbocycles. The molecule has 0 saturated heterocycles. The van der Waals surface area contributed by atoms with Crippen molar-refractivity contribution in [1.82, 2.24) is 10.2 Å². The third-order valence-electron chi connectivity index (χ3n) is 4.40. The van der Waals surface area contributed by atoms with Gasteiger partial charge < -0.3 is 24.6 Å². The topological polar surface area (TPSA) is 88.2 Å². The van der Waals surface area contributed by atoms with E-state index in [0.29, 0.717) is 17.9 Å². The number of esters is 1. The van der Waals surface area contributed by atoms with Crippen molar-refractivity contribution in [3.63, 3.8) is 0 Å². The van der Waals surface area contributed by atoms with Gasteiger partial charge >= 0.3 is 5.97 Å². The normalized spacial score (nSPS) is 10.1. The number of nitrogens with one attached hydrogen (secondary N) is 1. The first-order valence-electron chi connectivity index (χ1n) is 9.39. The maximum Gasteiger partial charge on any atom is 0.325 e. The molecule has 2 rings (SSSR count). The summed E-state index contributed by atoms with van der Waals surface area (Å²) >= 11 is 0. The SMILES string of the molecule is COc1ccccc1C(=O)NCC(=O)OCC(=O)N(C)Cc1ccc(N(C)C)cc1. The van der Waals surface area contributed by atoms with Crippen molar-refractivity contribution in [3.05, 3.63) is 59.7 Å². The van der Waals surface area contributed by atoms with E-state index in [1.54, 1.807) is 31.3 Å². The van der Waals surface area contributed by atoms with E-state index in [4.69, 9.17) is 9.47 Å². The number of carbonyl (C=O) groups is 3. The lowest BCUT2D eigenvalue weighted by Gasteiger charge is -2.18. The lowest BCUT2D eigenvalue weighted by atomic mass is 10.2. The van der Waals surface area contributed by atoms with Gasteiger partial charge in [-0.05, 0) is 29.8 Å². The largest absolute Gasteiger partial charge is 0.496 e. The number of amides is 2. The zero-order chi connectivity index (χ0) is 22.1. The molecule has 0 spiro atoms. The Morgan fingerprint density at radius 3 is 2.27 bits per heavy atom. The van der Waals surface area contributed by atoms with Crippen molar-refractivity contribution in [2.75, 3.05) is 46.3 Å². The third-order valence-corrected chi connectivity index (χ3v) is 4.40. The zero-order valence-electron chi connectivity index (χ0n) is 17.7. The molecule has 2 aromatic carbocycles. The molecular formula is C22H27N3O5. The van der Waals surface area contributed by atoms with Crippen molar-refractivity contribution in [3.8, 4) is 5.75 Å². The molecule has 2 aromatic rings. The van der Waals surface area contributed by atoms with Gasteiger partial charge in [-0.2, -0.15) is 0 Å². The summed E-state index contributed by atoms with van der Waals surface area (Å²) in [5.74, 6) is -1.10. The first-order chi connectivity index (χ1) is 14.3. The van der Waals surface area contributed by atoms with Crippen LogP contribution in [0.25, 0.3) is 0 Å². The van der Waals surface area contributed by atoms with Crippen molar-refractivity contribution in [2.45, 2.75) is 6.54 Å². The van der Waals surface area contributed by atoms with Crippen LogP contribution >= 0.6 is 0 Å². The molecule has 8 nitrogen and oxygen atoms in total. The lowest BCUT2D eigenvalue weighted by molar-refractivity contribution is -0.150. The molecule has 0 atom stereocenters. The maximum atomic E-state index is 12.2. The minimum Gasteiger partial charge on any atom is -0.496 e. The van der Waals surface area contributed by atoms with Gasteiger partial charge in [-0.15, -0.1) is 0 Å². The Bertz CT molecular complexity index is 881. The number of nitrogens with zero attached hydrogens (tertiary/aromatic N) is 2. The summed E-state index contributed by atoms with van der Waals surface area (Å²) in [7, 11) is 7.01. The van der Waals surface area contributed by atoms with Crippen LogP contribution in [-0.4, -0.2) is 64.1 Å². The number of para-hydroxylation sites is 1. The Kier molecular flexibility index (Phi) is 8.22. The van der Waals surface area contributed by atoms with E-state index < -0.39 is 18.5 Å². The van der Waals surface area contributed by atoms with Gasteiger partial charge in [0.15, 0.2) is 6.61 Å². The molecule has 0 heterocycles. The van der Waals surface area contributed by atoms with Crippen LogP contribution in [0.1, 0.15) is 15.9 Å². The molecule has 0 fully saturated rings. The van der Waals surface area contributed by atoms with Crippen molar-refractivity contribution in [2.24, 2.45) is 0 Å².